The quantitative estimate of drug-likeness (QED) is 0.854. The molecule has 4 nitrogen and oxygen atoms in total. The van der Waals surface area contributed by atoms with E-state index in [1.54, 1.807) is 18.4 Å². The molecule has 0 aliphatic heterocycles. The molecular weight excluding hydrogens is 282 g/mol. The van der Waals surface area contributed by atoms with Gasteiger partial charge in [-0.05, 0) is 37.4 Å². The Morgan fingerprint density at radius 1 is 1.38 bits per heavy atom. The number of hydrogen-bond acceptors (Lipinski definition) is 5. The molecule has 2 aromatic rings. The van der Waals surface area contributed by atoms with E-state index in [-0.39, 0.29) is 6.04 Å². The summed E-state index contributed by atoms with van der Waals surface area (Å²) in [5.74, 6) is 0.629. The van der Waals surface area contributed by atoms with Gasteiger partial charge >= 0.3 is 0 Å². The zero-order chi connectivity index (χ0) is 15.2. The van der Waals surface area contributed by atoms with Crippen LogP contribution in [0, 0.1) is 0 Å². The summed E-state index contributed by atoms with van der Waals surface area (Å²) in [5.41, 5.74) is 7.11. The summed E-state index contributed by atoms with van der Waals surface area (Å²) in [6, 6.07) is 8.78. The minimum Gasteiger partial charge on any atom is -0.481 e. The first-order valence-corrected chi connectivity index (χ1v) is 7.98. The van der Waals surface area contributed by atoms with E-state index in [4.69, 9.17) is 10.5 Å². The van der Waals surface area contributed by atoms with Crippen LogP contribution in [0.3, 0.4) is 0 Å². The van der Waals surface area contributed by atoms with E-state index in [9.17, 15) is 0 Å². The van der Waals surface area contributed by atoms with Crippen LogP contribution in [0.1, 0.15) is 23.4 Å². The second-order valence-corrected chi connectivity index (χ2v) is 6.22. The lowest BCUT2D eigenvalue weighted by Crippen LogP contribution is -2.38. The topological polar surface area (TPSA) is 51.4 Å². The number of rotatable bonds is 7. The zero-order valence-corrected chi connectivity index (χ0v) is 13.6. The molecule has 114 valence electrons. The maximum absolute atomic E-state index is 5.99. The van der Waals surface area contributed by atoms with Crippen molar-refractivity contribution in [1.82, 2.24) is 9.88 Å². The fourth-order valence-corrected chi connectivity index (χ4v) is 3.24. The van der Waals surface area contributed by atoms with Crippen molar-refractivity contribution in [3.8, 4) is 5.88 Å². The van der Waals surface area contributed by atoms with Crippen molar-refractivity contribution in [2.75, 3.05) is 20.7 Å². The first kappa shape index (κ1) is 15.9. The summed E-state index contributed by atoms with van der Waals surface area (Å²) < 4.78 is 5.11. The Balaban J connectivity index is 2.07. The normalized spacial score (nSPS) is 14.1. The van der Waals surface area contributed by atoms with Gasteiger partial charge in [-0.25, -0.2) is 4.98 Å². The highest BCUT2D eigenvalue weighted by atomic mass is 32.1. The maximum Gasteiger partial charge on any atom is 0.212 e. The monoisotopic (exact) mass is 305 g/mol. The Kier molecular flexibility index (Phi) is 5.73. The van der Waals surface area contributed by atoms with Crippen LogP contribution in [0.25, 0.3) is 0 Å². The van der Waals surface area contributed by atoms with Gasteiger partial charge in [0.1, 0.15) is 0 Å². The van der Waals surface area contributed by atoms with Gasteiger partial charge in [0, 0.05) is 35.8 Å². The van der Waals surface area contributed by atoms with Crippen LogP contribution < -0.4 is 10.5 Å². The van der Waals surface area contributed by atoms with E-state index in [0.29, 0.717) is 18.5 Å². The predicted molar refractivity (Wildman–Crippen MR) is 87.8 cm³/mol. The number of methoxy groups -OCH3 is 1. The van der Waals surface area contributed by atoms with Gasteiger partial charge in [-0.2, -0.15) is 0 Å². The minimum atomic E-state index is 0.165. The maximum atomic E-state index is 5.99. The van der Waals surface area contributed by atoms with Crippen LogP contribution in [0.4, 0.5) is 0 Å². The molecule has 0 saturated carbocycles. The standard InChI is InChI=1S/C16H23N3OS/c1-12(9-14-5-4-8-21-14)19(2)15(10-17)13-6-7-16(20-3)18-11-13/h4-8,11-12,15H,9-10,17H2,1-3H3. The molecule has 2 atom stereocenters. The Morgan fingerprint density at radius 2 is 2.19 bits per heavy atom. The molecule has 0 aliphatic rings. The van der Waals surface area contributed by atoms with E-state index in [2.05, 4.69) is 41.4 Å². The summed E-state index contributed by atoms with van der Waals surface area (Å²) in [7, 11) is 3.75. The van der Waals surface area contributed by atoms with E-state index in [1.807, 2.05) is 18.3 Å². The van der Waals surface area contributed by atoms with Crippen molar-refractivity contribution in [2.24, 2.45) is 5.73 Å². The number of ether oxygens (including phenoxy) is 1. The SMILES string of the molecule is COc1ccc(C(CN)N(C)C(C)Cc2cccs2)cn1. The Labute approximate surface area is 130 Å². The molecule has 0 aromatic carbocycles. The van der Waals surface area contributed by atoms with Gasteiger partial charge < -0.3 is 10.5 Å². The lowest BCUT2D eigenvalue weighted by Gasteiger charge is -2.32. The molecule has 5 heteroatoms. The molecule has 0 radical (unpaired) electrons. The third kappa shape index (κ3) is 4.03. The largest absolute Gasteiger partial charge is 0.481 e. The Bertz CT molecular complexity index is 527. The van der Waals surface area contributed by atoms with Crippen molar-refractivity contribution in [1.29, 1.82) is 0 Å². The molecule has 0 aliphatic carbocycles. The first-order valence-electron chi connectivity index (χ1n) is 7.10. The summed E-state index contributed by atoms with van der Waals surface area (Å²) >= 11 is 1.80. The highest BCUT2D eigenvalue weighted by molar-refractivity contribution is 7.09. The number of pyridine rings is 1. The number of likely N-dealkylation sites (N-methyl/N-ethyl adjacent to an activating group) is 1. The smallest absolute Gasteiger partial charge is 0.212 e. The highest BCUT2D eigenvalue weighted by Gasteiger charge is 2.21. The van der Waals surface area contributed by atoms with Crippen molar-refractivity contribution in [2.45, 2.75) is 25.4 Å². The van der Waals surface area contributed by atoms with Crippen LogP contribution in [0.5, 0.6) is 5.88 Å². The van der Waals surface area contributed by atoms with Crippen LogP contribution in [-0.4, -0.2) is 36.6 Å². The number of aromatic nitrogens is 1. The second-order valence-electron chi connectivity index (χ2n) is 5.18. The molecule has 2 N–H and O–H groups in total. The highest BCUT2D eigenvalue weighted by Crippen LogP contribution is 2.23. The molecule has 0 amide bonds. The third-order valence-electron chi connectivity index (χ3n) is 3.84. The summed E-state index contributed by atoms with van der Waals surface area (Å²) in [4.78, 5) is 8.00. The molecule has 2 rings (SSSR count). The van der Waals surface area contributed by atoms with E-state index < -0.39 is 0 Å². The zero-order valence-electron chi connectivity index (χ0n) is 12.8. The number of nitrogens with two attached hydrogens (primary N) is 1. The van der Waals surface area contributed by atoms with Crippen molar-refractivity contribution < 1.29 is 4.74 Å². The fraction of sp³-hybridized carbons (Fsp3) is 0.438. The summed E-state index contributed by atoms with van der Waals surface area (Å²) in [6.45, 7) is 2.80. The van der Waals surface area contributed by atoms with Crippen molar-refractivity contribution in [3.05, 3.63) is 46.3 Å². The predicted octanol–water partition coefficient (Wildman–Crippen LogP) is 2.71. The minimum absolute atomic E-state index is 0.165. The van der Waals surface area contributed by atoms with Crippen LogP contribution in [-0.2, 0) is 6.42 Å². The lowest BCUT2D eigenvalue weighted by atomic mass is 10.0. The van der Waals surface area contributed by atoms with Crippen LogP contribution >= 0.6 is 11.3 Å². The first-order chi connectivity index (χ1) is 10.2. The van der Waals surface area contributed by atoms with E-state index >= 15 is 0 Å². The molecule has 2 aromatic heterocycles. The number of thiophene rings is 1. The van der Waals surface area contributed by atoms with E-state index in [0.717, 1.165) is 12.0 Å². The van der Waals surface area contributed by atoms with Gasteiger partial charge in [0.25, 0.3) is 0 Å². The average molecular weight is 305 g/mol. The summed E-state index contributed by atoms with van der Waals surface area (Å²) in [5, 5.41) is 2.12. The molecule has 21 heavy (non-hydrogen) atoms. The van der Waals surface area contributed by atoms with Gasteiger partial charge in [-0.15, -0.1) is 11.3 Å². The number of hydrogen-bond donors (Lipinski definition) is 1. The van der Waals surface area contributed by atoms with Gasteiger partial charge in [-0.1, -0.05) is 12.1 Å². The number of nitrogens with zero attached hydrogens (tertiary/aromatic N) is 2. The van der Waals surface area contributed by atoms with E-state index in [1.165, 1.54) is 4.88 Å². The molecular formula is C16H23N3OS. The second kappa shape index (κ2) is 7.54. The molecule has 2 unspecified atom stereocenters. The molecule has 0 saturated heterocycles. The van der Waals surface area contributed by atoms with Crippen LogP contribution in [0.2, 0.25) is 0 Å². The van der Waals surface area contributed by atoms with Gasteiger partial charge in [0.2, 0.25) is 5.88 Å². The third-order valence-corrected chi connectivity index (χ3v) is 4.74. The molecule has 2 heterocycles. The lowest BCUT2D eigenvalue weighted by molar-refractivity contribution is 0.188. The van der Waals surface area contributed by atoms with Gasteiger partial charge in [-0.3, -0.25) is 4.90 Å². The fourth-order valence-electron chi connectivity index (χ4n) is 2.42. The molecule has 0 spiro atoms. The molecule has 0 fully saturated rings. The van der Waals surface area contributed by atoms with Gasteiger partial charge in [0.15, 0.2) is 0 Å². The Hall–Kier alpha value is -1.43. The van der Waals surface area contributed by atoms with Gasteiger partial charge in [0.05, 0.1) is 7.11 Å². The Morgan fingerprint density at radius 3 is 2.71 bits per heavy atom. The van der Waals surface area contributed by atoms with Crippen LogP contribution in [0.15, 0.2) is 35.8 Å². The molecule has 0 bridgehead atoms. The van der Waals surface area contributed by atoms with Crippen molar-refractivity contribution >= 4 is 11.3 Å². The average Bonchev–Trinajstić information content (AvgIpc) is 3.01. The summed E-state index contributed by atoms with van der Waals surface area (Å²) in [6.07, 6.45) is 2.89. The van der Waals surface area contributed by atoms with Crippen molar-refractivity contribution in [3.63, 3.8) is 0 Å².